The summed E-state index contributed by atoms with van der Waals surface area (Å²) in [7, 11) is 2.06. The molecule has 0 aliphatic carbocycles. The molecular weight excluding hydrogens is 298 g/mol. The van der Waals surface area contributed by atoms with Crippen LogP contribution in [0.5, 0.6) is 0 Å². The number of likely N-dealkylation sites (tertiary alicyclic amines) is 1. The van der Waals surface area contributed by atoms with Gasteiger partial charge in [-0.25, -0.2) is 0 Å². The topological polar surface area (TPSA) is 86.9 Å². The first-order valence-corrected chi connectivity index (χ1v) is 7.84. The van der Waals surface area contributed by atoms with Crippen LogP contribution in [0.2, 0.25) is 0 Å². The molecule has 1 aliphatic rings. The number of carboxylic acids is 1. The first-order chi connectivity index (χ1) is 11.0. The number of aliphatic carboxylic acids is 1. The van der Waals surface area contributed by atoms with E-state index in [1.54, 1.807) is 18.2 Å². The molecule has 0 unspecified atom stereocenters. The summed E-state index contributed by atoms with van der Waals surface area (Å²) in [6, 6.07) is 6.88. The van der Waals surface area contributed by atoms with E-state index < -0.39 is 5.97 Å². The first-order valence-electron chi connectivity index (χ1n) is 7.84. The minimum atomic E-state index is -0.855. The maximum Gasteiger partial charge on any atom is 0.317 e. The van der Waals surface area contributed by atoms with E-state index in [-0.39, 0.29) is 23.2 Å². The number of carboxylic acid groups (broad SMARTS) is 1. The average Bonchev–Trinajstić information content (AvgIpc) is 2.52. The van der Waals surface area contributed by atoms with Crippen molar-refractivity contribution >= 4 is 11.7 Å². The second kappa shape index (κ2) is 8.03. The van der Waals surface area contributed by atoms with Gasteiger partial charge < -0.3 is 10.0 Å². The third-order valence-corrected chi connectivity index (χ3v) is 4.40. The molecule has 1 N–H and O–H groups in total. The van der Waals surface area contributed by atoms with E-state index in [0.29, 0.717) is 18.5 Å². The highest BCUT2D eigenvalue weighted by molar-refractivity contribution is 5.69. The monoisotopic (exact) mass is 321 g/mol. The third kappa shape index (κ3) is 5.01. The molecule has 0 spiro atoms. The zero-order valence-electron chi connectivity index (χ0n) is 13.4. The van der Waals surface area contributed by atoms with Crippen LogP contribution < -0.4 is 0 Å². The number of rotatable bonds is 7. The van der Waals surface area contributed by atoms with Gasteiger partial charge in [0.2, 0.25) is 0 Å². The SMILES string of the molecule is CN1CCC(N(CCc2ccccc2[N+](=O)[O-])CC(=O)O)CC1. The molecule has 0 aromatic heterocycles. The molecule has 7 nitrogen and oxygen atoms in total. The molecule has 1 saturated heterocycles. The molecule has 0 atom stereocenters. The smallest absolute Gasteiger partial charge is 0.317 e. The van der Waals surface area contributed by atoms with Crippen LogP contribution in [0.25, 0.3) is 0 Å². The van der Waals surface area contributed by atoms with Crippen LogP contribution in [0.4, 0.5) is 5.69 Å². The lowest BCUT2D eigenvalue weighted by atomic mass is 10.0. The Morgan fingerprint density at radius 1 is 1.39 bits per heavy atom. The number of para-hydroxylation sites is 1. The van der Waals surface area contributed by atoms with Gasteiger partial charge in [-0.2, -0.15) is 0 Å². The molecule has 126 valence electrons. The largest absolute Gasteiger partial charge is 0.480 e. The second-order valence-corrected chi connectivity index (χ2v) is 6.03. The first kappa shape index (κ1) is 17.4. The number of piperidine rings is 1. The highest BCUT2D eigenvalue weighted by Gasteiger charge is 2.25. The van der Waals surface area contributed by atoms with Gasteiger partial charge in [-0.05, 0) is 39.4 Å². The molecule has 0 radical (unpaired) electrons. The lowest BCUT2D eigenvalue weighted by Gasteiger charge is -2.36. The predicted molar refractivity (Wildman–Crippen MR) is 86.5 cm³/mol. The van der Waals surface area contributed by atoms with Crippen LogP contribution in [0.15, 0.2) is 24.3 Å². The Balaban J connectivity index is 2.04. The summed E-state index contributed by atoms with van der Waals surface area (Å²) in [6.45, 7) is 2.40. The summed E-state index contributed by atoms with van der Waals surface area (Å²) in [6.07, 6.45) is 2.35. The Kier molecular flexibility index (Phi) is 6.06. The Hall–Kier alpha value is -1.99. The lowest BCUT2D eigenvalue weighted by Crippen LogP contribution is -2.46. The van der Waals surface area contributed by atoms with Crippen molar-refractivity contribution in [2.45, 2.75) is 25.3 Å². The molecule has 23 heavy (non-hydrogen) atoms. The fourth-order valence-corrected chi connectivity index (χ4v) is 3.09. The maximum absolute atomic E-state index is 11.1. The van der Waals surface area contributed by atoms with Crippen LogP contribution in [0.3, 0.4) is 0 Å². The van der Waals surface area contributed by atoms with Gasteiger partial charge in [-0.1, -0.05) is 18.2 Å². The fourth-order valence-electron chi connectivity index (χ4n) is 3.09. The Morgan fingerprint density at radius 3 is 2.65 bits per heavy atom. The normalized spacial score (nSPS) is 16.6. The van der Waals surface area contributed by atoms with Crippen LogP contribution in [0.1, 0.15) is 18.4 Å². The molecule has 2 rings (SSSR count). The van der Waals surface area contributed by atoms with Crippen molar-refractivity contribution < 1.29 is 14.8 Å². The number of carbonyl (C=O) groups is 1. The van der Waals surface area contributed by atoms with E-state index in [4.69, 9.17) is 5.11 Å². The number of nitro benzene ring substituents is 1. The summed E-state index contributed by atoms with van der Waals surface area (Å²) < 4.78 is 0. The molecule has 1 fully saturated rings. The van der Waals surface area contributed by atoms with Gasteiger partial charge in [-0.3, -0.25) is 19.8 Å². The predicted octanol–water partition coefficient (Wildman–Crippen LogP) is 1.62. The average molecular weight is 321 g/mol. The Bertz CT molecular complexity index is 556. The molecule has 0 bridgehead atoms. The van der Waals surface area contributed by atoms with E-state index in [9.17, 15) is 14.9 Å². The summed E-state index contributed by atoms with van der Waals surface area (Å²) in [5.74, 6) is -0.855. The van der Waals surface area contributed by atoms with Gasteiger partial charge >= 0.3 is 5.97 Å². The van der Waals surface area contributed by atoms with Gasteiger partial charge in [0.05, 0.1) is 11.5 Å². The molecule has 1 aromatic rings. The number of hydrogen-bond donors (Lipinski definition) is 1. The van der Waals surface area contributed by atoms with E-state index in [0.717, 1.165) is 25.9 Å². The minimum Gasteiger partial charge on any atom is -0.480 e. The minimum absolute atomic E-state index is 0.0188. The van der Waals surface area contributed by atoms with Crippen molar-refractivity contribution in [2.24, 2.45) is 0 Å². The summed E-state index contributed by atoms with van der Waals surface area (Å²) in [5, 5.41) is 20.2. The van der Waals surface area contributed by atoms with Crippen molar-refractivity contribution in [1.82, 2.24) is 9.80 Å². The molecule has 0 amide bonds. The fraction of sp³-hybridized carbons (Fsp3) is 0.562. The van der Waals surface area contributed by atoms with E-state index >= 15 is 0 Å². The van der Waals surface area contributed by atoms with E-state index in [1.165, 1.54) is 6.07 Å². The number of nitrogens with zero attached hydrogens (tertiary/aromatic N) is 3. The zero-order chi connectivity index (χ0) is 16.8. The molecular formula is C16H23N3O4. The molecule has 1 heterocycles. The van der Waals surface area contributed by atoms with Gasteiger partial charge in [0.25, 0.3) is 5.69 Å². The summed E-state index contributed by atoms with van der Waals surface area (Å²) in [4.78, 5) is 26.0. The molecule has 7 heteroatoms. The second-order valence-electron chi connectivity index (χ2n) is 6.03. The van der Waals surface area contributed by atoms with Gasteiger partial charge in [0.15, 0.2) is 0 Å². The highest BCUT2D eigenvalue weighted by Crippen LogP contribution is 2.20. The van der Waals surface area contributed by atoms with Crippen LogP contribution in [-0.2, 0) is 11.2 Å². The van der Waals surface area contributed by atoms with Crippen molar-refractivity contribution in [1.29, 1.82) is 0 Å². The molecule has 0 saturated carbocycles. The third-order valence-electron chi connectivity index (χ3n) is 4.40. The molecule has 1 aromatic carbocycles. The van der Waals surface area contributed by atoms with E-state index in [1.807, 2.05) is 4.90 Å². The zero-order valence-corrected chi connectivity index (χ0v) is 13.4. The summed E-state index contributed by atoms with van der Waals surface area (Å²) in [5.41, 5.74) is 0.756. The van der Waals surface area contributed by atoms with Gasteiger partial charge in [0, 0.05) is 24.2 Å². The van der Waals surface area contributed by atoms with Crippen LogP contribution >= 0.6 is 0 Å². The number of hydrogen-bond acceptors (Lipinski definition) is 5. The van der Waals surface area contributed by atoms with Crippen molar-refractivity contribution in [2.75, 3.05) is 33.2 Å². The van der Waals surface area contributed by atoms with Crippen LogP contribution in [0, 0.1) is 10.1 Å². The summed E-state index contributed by atoms with van der Waals surface area (Å²) >= 11 is 0. The Morgan fingerprint density at radius 2 is 2.04 bits per heavy atom. The van der Waals surface area contributed by atoms with Crippen molar-refractivity contribution in [3.63, 3.8) is 0 Å². The number of nitro groups is 1. The van der Waals surface area contributed by atoms with Gasteiger partial charge in [0.1, 0.15) is 0 Å². The van der Waals surface area contributed by atoms with Gasteiger partial charge in [-0.15, -0.1) is 0 Å². The maximum atomic E-state index is 11.1. The quantitative estimate of drug-likeness (QED) is 0.606. The standard InChI is InChI=1S/C16H23N3O4/c1-17-9-7-14(8-10-17)18(12-16(20)21)11-6-13-4-2-3-5-15(13)19(22)23/h2-5,14H,6-12H2,1H3,(H,20,21). The van der Waals surface area contributed by atoms with Crippen molar-refractivity contribution in [3.05, 3.63) is 39.9 Å². The van der Waals surface area contributed by atoms with Crippen LogP contribution in [-0.4, -0.2) is 65.1 Å². The molecule has 1 aliphatic heterocycles. The van der Waals surface area contributed by atoms with E-state index in [2.05, 4.69) is 11.9 Å². The number of benzene rings is 1. The lowest BCUT2D eigenvalue weighted by molar-refractivity contribution is -0.385. The van der Waals surface area contributed by atoms with Crippen molar-refractivity contribution in [3.8, 4) is 0 Å². The Labute approximate surface area is 135 Å². The highest BCUT2D eigenvalue weighted by atomic mass is 16.6.